The molecule has 17 nitrogen and oxygen atoms in total. The van der Waals surface area contributed by atoms with Gasteiger partial charge in [0.05, 0.1) is 26.4 Å². The van der Waals surface area contributed by atoms with Crippen LogP contribution < -0.4 is 0 Å². The van der Waals surface area contributed by atoms with E-state index in [1.807, 2.05) is 0 Å². The van der Waals surface area contributed by atoms with Gasteiger partial charge in [0.1, 0.15) is 19.3 Å². The second kappa shape index (κ2) is 73.8. The van der Waals surface area contributed by atoms with Gasteiger partial charge in [0, 0.05) is 25.7 Å². The third kappa shape index (κ3) is 78.2. The average molecular weight is 1520 g/mol. The number of aliphatic hydroxyl groups excluding tert-OH is 1. The number of aliphatic hydroxyl groups is 1. The molecule has 0 saturated heterocycles. The van der Waals surface area contributed by atoms with Crippen LogP contribution in [0, 0.1) is 23.7 Å². The maximum atomic E-state index is 13.1. The second-order valence-electron chi connectivity index (χ2n) is 32.5. The summed E-state index contributed by atoms with van der Waals surface area (Å²) in [6.45, 7) is 14.3. The van der Waals surface area contributed by atoms with Crippen LogP contribution in [0.5, 0.6) is 0 Å². The van der Waals surface area contributed by atoms with Crippen molar-refractivity contribution in [2.45, 2.75) is 459 Å². The van der Waals surface area contributed by atoms with Gasteiger partial charge in [0.25, 0.3) is 0 Å². The van der Waals surface area contributed by atoms with Crippen LogP contribution >= 0.6 is 15.6 Å². The number of unbranched alkanes of at least 4 members (excludes halogenated alkanes) is 48. The lowest BCUT2D eigenvalue weighted by Gasteiger charge is -2.21. The number of esters is 4. The molecule has 104 heavy (non-hydrogen) atoms. The van der Waals surface area contributed by atoms with E-state index in [0.29, 0.717) is 31.6 Å². The minimum atomic E-state index is -4.97. The van der Waals surface area contributed by atoms with E-state index in [4.69, 9.17) is 37.0 Å². The van der Waals surface area contributed by atoms with Crippen molar-refractivity contribution in [1.82, 2.24) is 0 Å². The van der Waals surface area contributed by atoms with Crippen molar-refractivity contribution in [1.29, 1.82) is 0 Å². The Bertz CT molecular complexity index is 2020. The fourth-order valence-corrected chi connectivity index (χ4v) is 14.7. The molecule has 5 atom stereocenters. The van der Waals surface area contributed by atoms with E-state index in [0.717, 1.165) is 114 Å². The molecule has 0 spiro atoms. The van der Waals surface area contributed by atoms with Crippen LogP contribution in [-0.2, 0) is 65.4 Å². The molecule has 0 aromatic heterocycles. The molecule has 0 aliphatic rings. The molecule has 19 heteroatoms. The number of carbonyl (C=O) groups excluding carboxylic acids is 4. The third-order valence-electron chi connectivity index (χ3n) is 19.8. The van der Waals surface area contributed by atoms with Gasteiger partial charge in [-0.2, -0.15) is 0 Å². The Balaban J connectivity index is 5.23. The first-order chi connectivity index (χ1) is 50.1. The van der Waals surface area contributed by atoms with Gasteiger partial charge >= 0.3 is 39.5 Å². The van der Waals surface area contributed by atoms with E-state index in [-0.39, 0.29) is 25.7 Å². The molecular formula is C85H166O17P2. The number of carbonyl (C=O) groups is 4. The van der Waals surface area contributed by atoms with Gasteiger partial charge in [-0.15, -0.1) is 0 Å². The van der Waals surface area contributed by atoms with Gasteiger partial charge in [0.15, 0.2) is 12.2 Å². The van der Waals surface area contributed by atoms with Crippen molar-refractivity contribution in [2.24, 2.45) is 23.7 Å². The minimum Gasteiger partial charge on any atom is -0.462 e. The quantitative estimate of drug-likeness (QED) is 0.0222. The number of phosphoric ester groups is 2. The van der Waals surface area contributed by atoms with Gasteiger partial charge in [-0.05, 0) is 49.4 Å². The molecule has 0 bridgehead atoms. The highest BCUT2D eigenvalue weighted by atomic mass is 31.2. The van der Waals surface area contributed by atoms with Crippen LogP contribution in [0.4, 0.5) is 0 Å². The zero-order chi connectivity index (χ0) is 76.7. The molecular weight excluding hydrogens is 1350 g/mol. The Morgan fingerprint density at radius 2 is 0.404 bits per heavy atom. The Labute approximate surface area is 638 Å². The summed E-state index contributed by atoms with van der Waals surface area (Å²) in [5.41, 5.74) is 0. The molecule has 0 aromatic rings. The topological polar surface area (TPSA) is 237 Å². The lowest BCUT2D eigenvalue weighted by Crippen LogP contribution is -2.30. The minimum absolute atomic E-state index is 0.107. The van der Waals surface area contributed by atoms with Gasteiger partial charge < -0.3 is 33.8 Å². The second-order valence-corrected chi connectivity index (χ2v) is 35.4. The van der Waals surface area contributed by atoms with Crippen molar-refractivity contribution in [3.8, 4) is 0 Å². The maximum Gasteiger partial charge on any atom is 0.472 e. The number of phosphoric acid groups is 2. The van der Waals surface area contributed by atoms with Gasteiger partial charge in [-0.3, -0.25) is 37.3 Å². The fraction of sp³-hybridized carbons (Fsp3) is 0.953. The predicted molar refractivity (Wildman–Crippen MR) is 428 cm³/mol. The van der Waals surface area contributed by atoms with Crippen molar-refractivity contribution in [3.63, 3.8) is 0 Å². The summed E-state index contributed by atoms with van der Waals surface area (Å²) in [6.07, 6.45) is 62.5. The Kier molecular flexibility index (Phi) is 72.5. The zero-order valence-electron chi connectivity index (χ0n) is 68.7. The summed E-state index contributed by atoms with van der Waals surface area (Å²) in [4.78, 5) is 73.2. The van der Waals surface area contributed by atoms with Gasteiger partial charge in [-0.1, -0.05) is 389 Å². The number of rotatable bonds is 82. The van der Waals surface area contributed by atoms with Crippen molar-refractivity contribution >= 4 is 39.5 Å². The molecule has 0 aliphatic heterocycles. The molecule has 618 valence electrons. The molecule has 0 aliphatic carbocycles. The molecule has 0 saturated carbocycles. The van der Waals surface area contributed by atoms with E-state index >= 15 is 0 Å². The summed E-state index contributed by atoms with van der Waals surface area (Å²) in [5.74, 6) is 1.01. The highest BCUT2D eigenvalue weighted by Gasteiger charge is 2.30. The van der Waals surface area contributed by atoms with E-state index in [2.05, 4.69) is 55.4 Å². The highest BCUT2D eigenvalue weighted by Crippen LogP contribution is 2.45. The largest absolute Gasteiger partial charge is 0.472 e. The Morgan fingerprint density at radius 1 is 0.240 bits per heavy atom. The number of hydrogen-bond acceptors (Lipinski definition) is 15. The molecule has 0 aromatic carbocycles. The molecule has 3 unspecified atom stereocenters. The van der Waals surface area contributed by atoms with E-state index < -0.39 is 97.5 Å². The zero-order valence-corrected chi connectivity index (χ0v) is 70.5. The molecule has 0 heterocycles. The van der Waals surface area contributed by atoms with Crippen LogP contribution in [0.2, 0.25) is 0 Å². The van der Waals surface area contributed by atoms with Crippen molar-refractivity contribution < 1.29 is 80.2 Å². The summed E-state index contributed by atoms with van der Waals surface area (Å²) in [5, 5.41) is 10.7. The Morgan fingerprint density at radius 3 is 0.596 bits per heavy atom. The Hall–Kier alpha value is -1.94. The van der Waals surface area contributed by atoms with Gasteiger partial charge in [-0.25, -0.2) is 9.13 Å². The molecule has 0 fully saturated rings. The first-order valence-electron chi connectivity index (χ1n) is 43.7. The summed E-state index contributed by atoms with van der Waals surface area (Å²) >= 11 is 0. The van der Waals surface area contributed by atoms with E-state index in [1.165, 1.54) is 238 Å². The maximum absolute atomic E-state index is 13.1. The number of ether oxygens (including phenoxy) is 4. The lowest BCUT2D eigenvalue weighted by atomic mass is 10.0. The van der Waals surface area contributed by atoms with Crippen LogP contribution in [-0.4, -0.2) is 96.7 Å². The standard InChI is InChI=1S/C85H166O17P2/c1-75(2)61-53-45-37-30-24-18-13-9-11-15-21-28-34-42-51-59-67-84(89)101-80(71-95-82(87)65-57-49-41-33-27-23-17-20-26-32-39-47-55-63-77(5)6)73-99-103(91,92)97-69-79(86)70-98-104(93,94)100-74-81(72-96-83(88)66-58-50-44-36-40-48-56-64-78(7)8)102-85(90)68-60-52-43-35-29-22-16-12-10-14-19-25-31-38-46-54-62-76(3)4/h75-81,86H,9-74H2,1-8H3,(H,91,92)(H,93,94)/t79?,80-,81-/m1/s1. The summed E-state index contributed by atoms with van der Waals surface area (Å²) < 4.78 is 68.9. The highest BCUT2D eigenvalue weighted by molar-refractivity contribution is 7.47. The molecule has 0 radical (unpaired) electrons. The van der Waals surface area contributed by atoms with Crippen molar-refractivity contribution in [2.75, 3.05) is 39.6 Å². The molecule has 0 amide bonds. The number of hydrogen-bond donors (Lipinski definition) is 3. The smallest absolute Gasteiger partial charge is 0.462 e. The molecule has 0 rings (SSSR count). The van der Waals surface area contributed by atoms with Crippen LogP contribution in [0.3, 0.4) is 0 Å². The molecule has 3 N–H and O–H groups in total. The van der Waals surface area contributed by atoms with Gasteiger partial charge in [0.2, 0.25) is 0 Å². The summed E-state index contributed by atoms with van der Waals surface area (Å²) in [7, 11) is -9.93. The SMILES string of the molecule is CC(C)CCCCCCCCCCCCCCCCCCC(=O)O[C@H](COC(=O)CCCCCCCCCCCCCCCC(C)C)COP(=O)(O)OCC(O)COP(=O)(O)OC[C@@H](COC(=O)CCCCCCCCCC(C)C)OC(=O)CCCCCCCCCCCCCCCCCCC(C)C. The predicted octanol–water partition coefficient (Wildman–Crippen LogP) is 25.6. The first kappa shape index (κ1) is 102. The van der Waals surface area contributed by atoms with Crippen molar-refractivity contribution in [3.05, 3.63) is 0 Å². The monoisotopic (exact) mass is 1520 g/mol. The van der Waals surface area contributed by atoms with Crippen LogP contribution in [0.15, 0.2) is 0 Å². The van der Waals surface area contributed by atoms with Crippen LogP contribution in [0.25, 0.3) is 0 Å². The summed E-state index contributed by atoms with van der Waals surface area (Å²) in [6, 6.07) is 0. The average Bonchev–Trinajstić information content (AvgIpc) is 0.914. The fourth-order valence-electron chi connectivity index (χ4n) is 13.1. The first-order valence-corrected chi connectivity index (χ1v) is 46.7. The third-order valence-corrected chi connectivity index (χ3v) is 21.7. The van der Waals surface area contributed by atoms with Crippen LogP contribution in [0.1, 0.15) is 441 Å². The normalized spacial score (nSPS) is 14.0. The van der Waals surface area contributed by atoms with E-state index in [1.54, 1.807) is 0 Å². The van der Waals surface area contributed by atoms with E-state index in [9.17, 15) is 43.2 Å². The lowest BCUT2D eigenvalue weighted by molar-refractivity contribution is -0.161.